The molecule has 0 aliphatic heterocycles. The number of carbonyl (C=O) groups excluding carboxylic acids is 1. The first-order chi connectivity index (χ1) is 12.5. The number of carbonyl (C=O) groups is 1. The van der Waals surface area contributed by atoms with Gasteiger partial charge in [-0.2, -0.15) is 5.10 Å². The molecule has 0 saturated heterocycles. The third-order valence-corrected chi connectivity index (χ3v) is 4.91. The van der Waals surface area contributed by atoms with Crippen molar-refractivity contribution < 1.29 is 4.79 Å². The van der Waals surface area contributed by atoms with Crippen LogP contribution in [0.5, 0.6) is 0 Å². The highest BCUT2D eigenvalue weighted by atomic mass is 32.1. The molecule has 0 saturated carbocycles. The molecule has 0 aliphatic rings. The Balaban J connectivity index is 1.57. The topological polar surface area (TPSA) is 76.0 Å². The molecule has 0 aliphatic carbocycles. The number of aryl methyl sites for hydroxylation is 2. The van der Waals surface area contributed by atoms with Crippen LogP contribution < -0.4 is 16.2 Å². The van der Waals surface area contributed by atoms with Crippen LogP contribution in [0.3, 0.4) is 0 Å². The zero-order valence-corrected chi connectivity index (χ0v) is 15.5. The van der Waals surface area contributed by atoms with Crippen LogP contribution in [0.25, 0.3) is 10.6 Å². The van der Waals surface area contributed by atoms with Crippen LogP contribution in [0, 0.1) is 13.8 Å². The molecule has 2 N–H and O–H groups in total. The lowest BCUT2D eigenvalue weighted by Gasteiger charge is -2.10. The lowest BCUT2D eigenvalue weighted by molar-refractivity contribution is 0.251. The van der Waals surface area contributed by atoms with Gasteiger partial charge in [0.1, 0.15) is 5.69 Å². The van der Waals surface area contributed by atoms with Crippen molar-refractivity contribution in [2.75, 3.05) is 11.9 Å². The summed E-state index contributed by atoms with van der Waals surface area (Å²) in [6.07, 6.45) is 0. The van der Waals surface area contributed by atoms with Crippen LogP contribution in [-0.4, -0.2) is 22.4 Å². The molecular formula is C19H20N4O2S. The Morgan fingerprint density at radius 1 is 1.15 bits per heavy atom. The monoisotopic (exact) mass is 368 g/mol. The second kappa shape index (κ2) is 7.97. The highest BCUT2D eigenvalue weighted by Gasteiger charge is 2.06. The molecule has 0 fully saturated rings. The quantitative estimate of drug-likeness (QED) is 0.725. The summed E-state index contributed by atoms with van der Waals surface area (Å²) in [5.41, 5.74) is 3.58. The zero-order chi connectivity index (χ0) is 18.5. The van der Waals surface area contributed by atoms with Crippen LogP contribution in [0.2, 0.25) is 0 Å². The number of nitrogens with one attached hydrogen (secondary N) is 2. The SMILES string of the molecule is Cc1ccc(NC(=O)NCCn2nc(-c3cccs3)ccc2=O)cc1C. The average molecular weight is 368 g/mol. The average Bonchev–Trinajstić information content (AvgIpc) is 3.14. The van der Waals surface area contributed by atoms with Crippen molar-refractivity contribution in [1.29, 1.82) is 0 Å². The smallest absolute Gasteiger partial charge is 0.319 e. The van der Waals surface area contributed by atoms with Crippen LogP contribution in [0.15, 0.2) is 52.6 Å². The second-order valence-electron chi connectivity index (χ2n) is 5.94. The van der Waals surface area contributed by atoms with Crippen molar-refractivity contribution >= 4 is 23.1 Å². The predicted octanol–water partition coefficient (Wildman–Crippen LogP) is 3.41. The highest BCUT2D eigenvalue weighted by Crippen LogP contribution is 2.21. The van der Waals surface area contributed by atoms with E-state index in [1.54, 1.807) is 17.4 Å². The molecule has 0 unspecified atom stereocenters. The molecule has 0 spiro atoms. The summed E-state index contributed by atoms with van der Waals surface area (Å²) in [6.45, 7) is 4.63. The van der Waals surface area contributed by atoms with E-state index in [1.807, 2.05) is 49.6 Å². The van der Waals surface area contributed by atoms with Crippen LogP contribution in [0.1, 0.15) is 11.1 Å². The van der Waals surface area contributed by atoms with Gasteiger partial charge in [0.2, 0.25) is 0 Å². The molecule has 134 valence electrons. The molecule has 2 aromatic heterocycles. The first-order valence-electron chi connectivity index (χ1n) is 8.27. The van der Waals surface area contributed by atoms with E-state index >= 15 is 0 Å². The first-order valence-corrected chi connectivity index (χ1v) is 9.15. The van der Waals surface area contributed by atoms with Gasteiger partial charge in [-0.05, 0) is 54.6 Å². The molecule has 0 radical (unpaired) electrons. The molecule has 7 heteroatoms. The Hall–Kier alpha value is -2.93. The fourth-order valence-electron chi connectivity index (χ4n) is 2.43. The largest absolute Gasteiger partial charge is 0.336 e. The summed E-state index contributed by atoms with van der Waals surface area (Å²) < 4.78 is 1.37. The van der Waals surface area contributed by atoms with Crippen LogP contribution in [-0.2, 0) is 6.54 Å². The predicted molar refractivity (Wildman–Crippen MR) is 105 cm³/mol. The van der Waals surface area contributed by atoms with E-state index in [1.165, 1.54) is 16.3 Å². The number of hydrogen-bond acceptors (Lipinski definition) is 4. The summed E-state index contributed by atoms with van der Waals surface area (Å²) in [5.74, 6) is 0. The Bertz CT molecular complexity index is 964. The van der Waals surface area contributed by atoms with Crippen molar-refractivity contribution in [3.05, 3.63) is 69.3 Å². The fraction of sp³-hybridized carbons (Fsp3) is 0.211. The number of hydrogen-bond donors (Lipinski definition) is 2. The summed E-state index contributed by atoms with van der Waals surface area (Å²) in [7, 11) is 0. The molecule has 2 amide bonds. The van der Waals surface area contributed by atoms with Gasteiger partial charge in [-0.25, -0.2) is 9.48 Å². The Morgan fingerprint density at radius 2 is 2.00 bits per heavy atom. The van der Waals surface area contributed by atoms with Gasteiger partial charge in [0, 0.05) is 18.3 Å². The zero-order valence-electron chi connectivity index (χ0n) is 14.7. The standard InChI is InChI=1S/C19H20N4O2S/c1-13-5-6-15(12-14(13)2)21-19(25)20-9-10-23-18(24)8-7-16(22-23)17-4-3-11-26-17/h3-8,11-12H,9-10H2,1-2H3,(H2,20,21,25). The minimum atomic E-state index is -0.310. The number of thiophene rings is 1. The molecule has 0 bridgehead atoms. The maximum Gasteiger partial charge on any atom is 0.319 e. The Labute approximate surface area is 155 Å². The number of amides is 2. The first kappa shape index (κ1) is 17.9. The summed E-state index contributed by atoms with van der Waals surface area (Å²) in [5, 5.41) is 11.9. The minimum absolute atomic E-state index is 0.193. The maximum absolute atomic E-state index is 12.0. The maximum atomic E-state index is 12.0. The number of aromatic nitrogens is 2. The Kier molecular flexibility index (Phi) is 5.48. The van der Waals surface area contributed by atoms with E-state index in [2.05, 4.69) is 15.7 Å². The fourth-order valence-corrected chi connectivity index (χ4v) is 3.13. The third kappa shape index (κ3) is 4.37. The molecule has 3 rings (SSSR count). The molecule has 2 heterocycles. The molecule has 3 aromatic rings. The summed E-state index contributed by atoms with van der Waals surface area (Å²) >= 11 is 1.57. The Morgan fingerprint density at radius 3 is 2.73 bits per heavy atom. The minimum Gasteiger partial charge on any atom is -0.336 e. The number of anilines is 1. The van der Waals surface area contributed by atoms with Gasteiger partial charge >= 0.3 is 6.03 Å². The van der Waals surface area contributed by atoms with Gasteiger partial charge in [-0.3, -0.25) is 4.79 Å². The van der Waals surface area contributed by atoms with Gasteiger partial charge in [0.15, 0.2) is 0 Å². The summed E-state index contributed by atoms with van der Waals surface area (Å²) in [4.78, 5) is 25.0. The molecule has 6 nitrogen and oxygen atoms in total. The van der Waals surface area contributed by atoms with E-state index in [9.17, 15) is 9.59 Å². The number of benzene rings is 1. The highest BCUT2D eigenvalue weighted by molar-refractivity contribution is 7.13. The molecule has 1 aromatic carbocycles. The normalized spacial score (nSPS) is 10.5. The van der Waals surface area contributed by atoms with E-state index in [0.717, 1.165) is 21.8 Å². The lowest BCUT2D eigenvalue weighted by Crippen LogP contribution is -2.34. The third-order valence-electron chi connectivity index (χ3n) is 4.01. The van der Waals surface area contributed by atoms with Crippen LogP contribution >= 0.6 is 11.3 Å². The van der Waals surface area contributed by atoms with Crippen LogP contribution in [0.4, 0.5) is 10.5 Å². The van der Waals surface area contributed by atoms with Gasteiger partial charge in [-0.15, -0.1) is 11.3 Å². The summed E-state index contributed by atoms with van der Waals surface area (Å²) in [6, 6.07) is 12.5. The molecular weight excluding hydrogens is 348 g/mol. The van der Waals surface area contributed by atoms with Gasteiger partial charge in [0.05, 0.1) is 11.4 Å². The number of urea groups is 1. The van der Waals surface area contributed by atoms with E-state index in [-0.39, 0.29) is 11.6 Å². The molecule has 0 atom stereocenters. The van der Waals surface area contributed by atoms with Gasteiger partial charge < -0.3 is 10.6 Å². The van der Waals surface area contributed by atoms with Crippen molar-refractivity contribution in [1.82, 2.24) is 15.1 Å². The number of nitrogens with zero attached hydrogens (tertiary/aromatic N) is 2. The lowest BCUT2D eigenvalue weighted by atomic mass is 10.1. The number of rotatable bonds is 5. The second-order valence-corrected chi connectivity index (χ2v) is 6.88. The van der Waals surface area contributed by atoms with Crippen molar-refractivity contribution in [2.45, 2.75) is 20.4 Å². The van der Waals surface area contributed by atoms with E-state index in [4.69, 9.17) is 0 Å². The van der Waals surface area contributed by atoms with Crippen molar-refractivity contribution in [3.8, 4) is 10.6 Å². The van der Waals surface area contributed by atoms with Gasteiger partial charge in [0.25, 0.3) is 5.56 Å². The van der Waals surface area contributed by atoms with Gasteiger partial charge in [-0.1, -0.05) is 12.1 Å². The molecule has 26 heavy (non-hydrogen) atoms. The van der Waals surface area contributed by atoms with Crippen molar-refractivity contribution in [3.63, 3.8) is 0 Å². The van der Waals surface area contributed by atoms with E-state index < -0.39 is 0 Å². The van der Waals surface area contributed by atoms with E-state index in [0.29, 0.717) is 13.1 Å². The van der Waals surface area contributed by atoms with Crippen molar-refractivity contribution in [2.24, 2.45) is 0 Å².